The molecule has 3 N–H and O–H groups in total. The third-order valence-electron chi connectivity index (χ3n) is 5.04. The van der Waals surface area contributed by atoms with Crippen LogP contribution in [0.25, 0.3) is 0 Å². The van der Waals surface area contributed by atoms with Crippen molar-refractivity contribution in [2.24, 2.45) is 11.1 Å². The number of hydrogen-bond donors (Lipinski definition) is 2. The fraction of sp³-hybridized carbons (Fsp3) is 0.333. The van der Waals surface area contributed by atoms with Gasteiger partial charge in [-0.1, -0.05) is 44.2 Å². The number of benzene rings is 2. The molecule has 6 heteroatoms. The number of halogens is 1. The minimum Gasteiger partial charge on any atom is -0.338 e. The summed E-state index contributed by atoms with van der Waals surface area (Å²) < 4.78 is 0. The number of anilines is 1. The number of amides is 2. The molecule has 0 aliphatic carbocycles. The summed E-state index contributed by atoms with van der Waals surface area (Å²) in [5.74, 6) is -0.305. The molecule has 1 fully saturated rings. The molecule has 1 aliphatic heterocycles. The number of nitrogens with one attached hydrogen (secondary N) is 1. The van der Waals surface area contributed by atoms with Crippen molar-refractivity contribution in [3.8, 4) is 0 Å². The average molecular weight is 388 g/mol. The molecule has 2 aromatic carbocycles. The van der Waals surface area contributed by atoms with Gasteiger partial charge in [0.1, 0.15) is 0 Å². The summed E-state index contributed by atoms with van der Waals surface area (Å²) in [4.78, 5) is 27.4. The molecule has 1 heterocycles. The van der Waals surface area contributed by atoms with Crippen molar-refractivity contribution < 1.29 is 9.59 Å². The molecule has 1 saturated heterocycles. The number of nitrogens with zero attached hydrogens (tertiary/aromatic N) is 1. The first-order valence-electron chi connectivity index (χ1n) is 8.89. The van der Waals surface area contributed by atoms with Crippen molar-refractivity contribution >= 4 is 29.9 Å². The lowest BCUT2D eigenvalue weighted by atomic mass is 9.79. The van der Waals surface area contributed by atoms with Crippen LogP contribution in [0, 0.1) is 5.41 Å². The normalized spacial score (nSPS) is 18.3. The molecular weight excluding hydrogens is 362 g/mol. The van der Waals surface area contributed by atoms with E-state index in [2.05, 4.69) is 19.2 Å². The van der Waals surface area contributed by atoms with Gasteiger partial charge in [0.2, 0.25) is 0 Å². The van der Waals surface area contributed by atoms with Gasteiger partial charge in [-0.25, -0.2) is 0 Å². The summed E-state index contributed by atoms with van der Waals surface area (Å²) in [5, 5.41) is 2.87. The highest BCUT2D eigenvalue weighted by Crippen LogP contribution is 2.29. The van der Waals surface area contributed by atoms with Crippen molar-refractivity contribution in [1.82, 2.24) is 4.90 Å². The van der Waals surface area contributed by atoms with Crippen LogP contribution < -0.4 is 11.1 Å². The number of carbonyl (C=O) groups excluding carboxylic acids is 2. The Morgan fingerprint density at radius 2 is 1.70 bits per heavy atom. The van der Waals surface area contributed by atoms with E-state index in [0.717, 1.165) is 6.42 Å². The Hall–Kier alpha value is -2.37. The van der Waals surface area contributed by atoms with Crippen molar-refractivity contribution in [2.45, 2.75) is 26.3 Å². The Bertz CT molecular complexity index is 808. The summed E-state index contributed by atoms with van der Waals surface area (Å²) in [6, 6.07) is 16.2. The average Bonchev–Trinajstić information content (AvgIpc) is 2.64. The van der Waals surface area contributed by atoms with Gasteiger partial charge in [-0.2, -0.15) is 0 Å². The largest absolute Gasteiger partial charge is 0.338 e. The highest BCUT2D eigenvalue weighted by atomic mass is 35.5. The molecule has 2 amide bonds. The van der Waals surface area contributed by atoms with Crippen LogP contribution in [0.5, 0.6) is 0 Å². The maximum absolute atomic E-state index is 13.1. The Kier molecular flexibility index (Phi) is 6.63. The molecule has 1 aliphatic rings. The van der Waals surface area contributed by atoms with Gasteiger partial charge in [0, 0.05) is 24.7 Å². The van der Waals surface area contributed by atoms with Gasteiger partial charge >= 0.3 is 0 Å². The monoisotopic (exact) mass is 387 g/mol. The number of hydrogen-bond acceptors (Lipinski definition) is 3. The van der Waals surface area contributed by atoms with Crippen LogP contribution in [0.2, 0.25) is 0 Å². The van der Waals surface area contributed by atoms with Crippen molar-refractivity contribution in [1.29, 1.82) is 0 Å². The molecule has 3 rings (SSSR count). The second-order valence-electron chi connectivity index (χ2n) is 7.48. The van der Waals surface area contributed by atoms with E-state index in [1.54, 1.807) is 24.3 Å². The lowest BCUT2D eigenvalue weighted by molar-refractivity contribution is 0.0534. The highest BCUT2D eigenvalue weighted by molar-refractivity contribution is 6.09. The number of para-hydroxylation sites is 1. The fourth-order valence-electron chi connectivity index (χ4n) is 3.28. The van der Waals surface area contributed by atoms with E-state index in [0.29, 0.717) is 29.9 Å². The zero-order valence-corrected chi connectivity index (χ0v) is 16.5. The van der Waals surface area contributed by atoms with E-state index in [1.807, 2.05) is 35.2 Å². The van der Waals surface area contributed by atoms with Gasteiger partial charge in [0.05, 0.1) is 11.3 Å². The van der Waals surface area contributed by atoms with Crippen LogP contribution in [-0.2, 0) is 0 Å². The predicted molar refractivity (Wildman–Crippen MR) is 110 cm³/mol. The molecule has 0 radical (unpaired) electrons. The number of carbonyl (C=O) groups is 2. The van der Waals surface area contributed by atoms with E-state index < -0.39 is 0 Å². The maximum Gasteiger partial charge on any atom is 0.255 e. The molecular formula is C21H26ClN3O2. The molecule has 0 spiro atoms. The maximum atomic E-state index is 13.1. The van der Waals surface area contributed by atoms with Gasteiger partial charge in [-0.15, -0.1) is 12.4 Å². The van der Waals surface area contributed by atoms with Gasteiger partial charge in [-0.3, -0.25) is 9.59 Å². The standard InChI is InChI=1S/C21H25N3O2.ClH/c1-21(2)14-24(13-12-18(21)22)20(26)16-10-6-7-11-17(16)23-19(25)15-8-4-3-5-9-15;/h3-11,18H,12-14,22H2,1-2H3,(H,23,25);1H. The van der Waals surface area contributed by atoms with Gasteiger partial charge < -0.3 is 16.0 Å². The number of likely N-dealkylation sites (tertiary alicyclic amines) is 1. The van der Waals surface area contributed by atoms with Crippen LogP contribution in [0.15, 0.2) is 54.6 Å². The lowest BCUT2D eigenvalue weighted by Gasteiger charge is -2.42. The van der Waals surface area contributed by atoms with Gasteiger partial charge in [0.25, 0.3) is 11.8 Å². The Balaban J connectivity index is 0.00000261. The number of nitrogens with two attached hydrogens (primary N) is 1. The van der Waals surface area contributed by atoms with Crippen LogP contribution in [-0.4, -0.2) is 35.8 Å². The summed E-state index contributed by atoms with van der Waals surface area (Å²) in [7, 11) is 0. The molecule has 27 heavy (non-hydrogen) atoms. The fourth-order valence-corrected chi connectivity index (χ4v) is 3.28. The quantitative estimate of drug-likeness (QED) is 0.845. The Morgan fingerprint density at radius 1 is 1.07 bits per heavy atom. The zero-order chi connectivity index (χ0) is 18.7. The van der Waals surface area contributed by atoms with Crippen molar-refractivity contribution in [2.75, 3.05) is 18.4 Å². The third-order valence-corrected chi connectivity index (χ3v) is 5.04. The first-order chi connectivity index (χ1) is 12.4. The second kappa shape index (κ2) is 8.55. The zero-order valence-electron chi connectivity index (χ0n) is 15.6. The minimum atomic E-state index is -0.230. The number of rotatable bonds is 3. The van der Waals surface area contributed by atoms with Crippen LogP contribution >= 0.6 is 12.4 Å². The van der Waals surface area contributed by atoms with Crippen LogP contribution in [0.1, 0.15) is 41.0 Å². The van der Waals surface area contributed by atoms with Crippen molar-refractivity contribution in [3.05, 3.63) is 65.7 Å². The van der Waals surface area contributed by atoms with E-state index in [-0.39, 0.29) is 35.7 Å². The Labute approximate surface area is 166 Å². The van der Waals surface area contributed by atoms with E-state index >= 15 is 0 Å². The smallest absolute Gasteiger partial charge is 0.255 e. The molecule has 0 bridgehead atoms. The summed E-state index contributed by atoms with van der Waals surface area (Å²) in [6.07, 6.45) is 0.775. The first kappa shape index (κ1) is 20.9. The molecule has 0 aromatic heterocycles. The van der Waals surface area contributed by atoms with Crippen LogP contribution in [0.4, 0.5) is 5.69 Å². The first-order valence-corrected chi connectivity index (χ1v) is 8.89. The second-order valence-corrected chi connectivity index (χ2v) is 7.48. The molecule has 1 unspecified atom stereocenters. The Morgan fingerprint density at radius 3 is 2.37 bits per heavy atom. The highest BCUT2D eigenvalue weighted by Gasteiger charge is 2.36. The molecule has 2 aromatic rings. The molecule has 5 nitrogen and oxygen atoms in total. The van der Waals surface area contributed by atoms with Gasteiger partial charge in [0.15, 0.2) is 0 Å². The summed E-state index contributed by atoms with van der Waals surface area (Å²) in [5.41, 5.74) is 7.64. The van der Waals surface area contributed by atoms with Crippen molar-refractivity contribution in [3.63, 3.8) is 0 Å². The summed E-state index contributed by atoms with van der Waals surface area (Å²) >= 11 is 0. The van der Waals surface area contributed by atoms with E-state index in [9.17, 15) is 9.59 Å². The third kappa shape index (κ3) is 4.67. The minimum absolute atomic E-state index is 0. The molecule has 144 valence electrons. The summed E-state index contributed by atoms with van der Waals surface area (Å²) in [6.45, 7) is 5.40. The van der Waals surface area contributed by atoms with Crippen LogP contribution in [0.3, 0.4) is 0 Å². The molecule has 0 saturated carbocycles. The molecule has 1 atom stereocenters. The SMILES string of the molecule is CC1(C)CN(C(=O)c2ccccc2NC(=O)c2ccccc2)CCC1N.Cl. The number of piperidine rings is 1. The van der Waals surface area contributed by atoms with Gasteiger partial charge in [-0.05, 0) is 36.1 Å². The van der Waals surface area contributed by atoms with E-state index in [1.165, 1.54) is 0 Å². The lowest BCUT2D eigenvalue weighted by Crippen LogP contribution is -2.54. The van der Waals surface area contributed by atoms with E-state index in [4.69, 9.17) is 5.73 Å². The predicted octanol–water partition coefficient (Wildman–Crippen LogP) is 3.56. The topological polar surface area (TPSA) is 75.4 Å².